The minimum Gasteiger partial charge on any atom is -0.388 e. The highest BCUT2D eigenvalue weighted by Gasteiger charge is 2.46. The van der Waals surface area contributed by atoms with Crippen LogP contribution in [0.15, 0.2) is 30.3 Å². The Morgan fingerprint density at radius 2 is 1.50 bits per heavy atom. The molecule has 4 heteroatoms. The molecule has 2 heterocycles. The summed E-state index contributed by atoms with van der Waals surface area (Å²) in [5, 5.41) is 23.0. The van der Waals surface area contributed by atoms with Crippen molar-refractivity contribution in [3.8, 4) is 0 Å². The van der Waals surface area contributed by atoms with E-state index in [1.54, 1.807) is 0 Å². The molecule has 1 saturated carbocycles. The largest absolute Gasteiger partial charge is 0.388 e. The number of aliphatic hydroxyl groups excluding tert-OH is 1. The molecule has 3 fully saturated rings. The number of piperidine rings is 2. The summed E-state index contributed by atoms with van der Waals surface area (Å²) in [6, 6.07) is 10.6. The van der Waals surface area contributed by atoms with Gasteiger partial charge in [-0.3, -0.25) is 0 Å². The van der Waals surface area contributed by atoms with E-state index in [2.05, 4.69) is 9.80 Å². The van der Waals surface area contributed by atoms with Gasteiger partial charge in [-0.1, -0.05) is 49.6 Å². The van der Waals surface area contributed by atoms with Crippen LogP contribution in [-0.2, 0) is 5.60 Å². The van der Waals surface area contributed by atoms with Crippen molar-refractivity contribution >= 4 is 0 Å². The normalized spacial score (nSPS) is 26.9. The molecule has 0 amide bonds. The van der Waals surface area contributed by atoms with Gasteiger partial charge in [0, 0.05) is 12.6 Å². The van der Waals surface area contributed by atoms with Crippen LogP contribution in [0.3, 0.4) is 0 Å². The van der Waals surface area contributed by atoms with E-state index in [0.717, 1.165) is 50.4 Å². The molecule has 2 unspecified atom stereocenters. The fourth-order valence-corrected chi connectivity index (χ4v) is 5.91. The zero-order valence-corrected chi connectivity index (χ0v) is 17.3. The lowest BCUT2D eigenvalue weighted by atomic mass is 9.76. The number of hydrogen-bond acceptors (Lipinski definition) is 4. The molecule has 0 aromatic heterocycles. The summed E-state index contributed by atoms with van der Waals surface area (Å²) in [6.07, 6.45) is 10.1. The maximum atomic E-state index is 11.8. The van der Waals surface area contributed by atoms with Crippen LogP contribution in [0.2, 0.25) is 0 Å². The van der Waals surface area contributed by atoms with Crippen LogP contribution >= 0.6 is 0 Å². The van der Waals surface area contributed by atoms with Crippen molar-refractivity contribution in [2.24, 2.45) is 5.92 Å². The Balaban J connectivity index is 1.39. The Morgan fingerprint density at radius 3 is 2.14 bits per heavy atom. The molecule has 2 atom stereocenters. The third-order valence-corrected chi connectivity index (χ3v) is 7.62. The molecule has 0 spiro atoms. The van der Waals surface area contributed by atoms with Gasteiger partial charge in [0.2, 0.25) is 0 Å². The lowest BCUT2D eigenvalue weighted by Gasteiger charge is -2.44. The highest BCUT2D eigenvalue weighted by atomic mass is 16.3. The van der Waals surface area contributed by atoms with E-state index in [1.165, 1.54) is 45.2 Å². The molecule has 1 aliphatic carbocycles. The summed E-state index contributed by atoms with van der Waals surface area (Å²) in [4.78, 5) is 5.07. The fourth-order valence-electron chi connectivity index (χ4n) is 5.91. The molecule has 4 rings (SSSR count). The van der Waals surface area contributed by atoms with Crippen molar-refractivity contribution in [2.75, 3.05) is 32.7 Å². The second kappa shape index (κ2) is 9.25. The van der Waals surface area contributed by atoms with Gasteiger partial charge in [0.15, 0.2) is 0 Å². The third-order valence-electron chi connectivity index (χ3n) is 7.62. The molecule has 156 valence electrons. The molecule has 0 radical (unpaired) electrons. The molecule has 4 nitrogen and oxygen atoms in total. The Bertz CT molecular complexity index is 590. The molecular weight excluding hydrogens is 348 g/mol. The predicted molar refractivity (Wildman–Crippen MR) is 113 cm³/mol. The number of benzene rings is 1. The van der Waals surface area contributed by atoms with Gasteiger partial charge in [0.05, 0.1) is 6.10 Å². The summed E-state index contributed by atoms with van der Waals surface area (Å²) in [5.41, 5.74) is -0.237. The summed E-state index contributed by atoms with van der Waals surface area (Å²) in [5.74, 6) is 0.163. The highest BCUT2D eigenvalue weighted by Crippen LogP contribution is 2.43. The lowest BCUT2D eigenvalue weighted by molar-refractivity contribution is -0.130. The van der Waals surface area contributed by atoms with Gasteiger partial charge in [-0.15, -0.1) is 0 Å². The minimum absolute atomic E-state index is 0.163. The van der Waals surface area contributed by atoms with Crippen LogP contribution in [0.4, 0.5) is 0 Å². The molecule has 1 aromatic carbocycles. The highest BCUT2D eigenvalue weighted by molar-refractivity contribution is 5.25. The van der Waals surface area contributed by atoms with Gasteiger partial charge in [-0.05, 0) is 76.2 Å². The SMILES string of the molecule is OC(CN1CCC(N2CCCCC2)CC1)C(O)(c1ccccc1)C1CCCC1. The third kappa shape index (κ3) is 4.30. The van der Waals surface area contributed by atoms with Gasteiger partial charge in [-0.2, -0.15) is 0 Å². The smallest absolute Gasteiger partial charge is 0.119 e. The van der Waals surface area contributed by atoms with E-state index in [4.69, 9.17) is 0 Å². The van der Waals surface area contributed by atoms with E-state index >= 15 is 0 Å². The number of rotatable bonds is 6. The Morgan fingerprint density at radius 1 is 0.857 bits per heavy atom. The zero-order valence-electron chi connectivity index (χ0n) is 17.3. The summed E-state index contributed by atoms with van der Waals surface area (Å²) >= 11 is 0. The topological polar surface area (TPSA) is 46.9 Å². The number of hydrogen-bond donors (Lipinski definition) is 2. The first-order valence-electron chi connectivity index (χ1n) is 11.6. The molecule has 2 aliphatic heterocycles. The van der Waals surface area contributed by atoms with Crippen LogP contribution in [-0.4, -0.2) is 64.9 Å². The van der Waals surface area contributed by atoms with Crippen molar-refractivity contribution in [1.82, 2.24) is 9.80 Å². The second-order valence-electron chi connectivity index (χ2n) is 9.32. The van der Waals surface area contributed by atoms with Gasteiger partial charge in [0.25, 0.3) is 0 Å². The molecule has 2 saturated heterocycles. The molecule has 3 aliphatic rings. The number of β-amino-alcohol motifs (C(OH)–C–C–N with tert-alkyl or cyclic N) is 1. The van der Waals surface area contributed by atoms with Gasteiger partial charge in [-0.25, -0.2) is 0 Å². The first-order chi connectivity index (χ1) is 13.7. The van der Waals surface area contributed by atoms with Crippen LogP contribution < -0.4 is 0 Å². The average molecular weight is 387 g/mol. The summed E-state index contributed by atoms with van der Waals surface area (Å²) < 4.78 is 0. The van der Waals surface area contributed by atoms with Crippen molar-refractivity contribution in [2.45, 2.75) is 75.5 Å². The fraction of sp³-hybridized carbons (Fsp3) is 0.750. The first kappa shape index (κ1) is 20.3. The zero-order chi connectivity index (χ0) is 19.4. The van der Waals surface area contributed by atoms with E-state index in [-0.39, 0.29) is 5.92 Å². The monoisotopic (exact) mass is 386 g/mol. The molecule has 2 N–H and O–H groups in total. The summed E-state index contributed by atoms with van der Waals surface area (Å²) in [7, 11) is 0. The van der Waals surface area contributed by atoms with Gasteiger partial charge in [0.1, 0.15) is 5.60 Å². The standard InChI is InChI=1S/C24H38N2O2/c27-23(19-25-17-13-22(14-18-25)26-15-7-2-8-16-26)24(28,21-11-5-6-12-21)20-9-3-1-4-10-20/h1,3-4,9-10,21-23,27-28H,2,5-8,11-19H2. The van der Waals surface area contributed by atoms with Crippen molar-refractivity contribution in [1.29, 1.82) is 0 Å². The van der Waals surface area contributed by atoms with E-state index in [1.807, 2.05) is 30.3 Å². The number of aliphatic hydroxyl groups is 2. The van der Waals surface area contributed by atoms with Gasteiger partial charge < -0.3 is 20.0 Å². The first-order valence-corrected chi connectivity index (χ1v) is 11.6. The number of likely N-dealkylation sites (tertiary alicyclic amines) is 2. The average Bonchev–Trinajstić information content (AvgIpc) is 3.30. The summed E-state index contributed by atoms with van der Waals surface area (Å²) in [6.45, 7) is 5.18. The molecule has 0 bridgehead atoms. The van der Waals surface area contributed by atoms with Crippen molar-refractivity contribution in [3.63, 3.8) is 0 Å². The van der Waals surface area contributed by atoms with Crippen LogP contribution in [0.5, 0.6) is 0 Å². The van der Waals surface area contributed by atoms with E-state index in [0.29, 0.717) is 6.54 Å². The Labute approximate surface area is 170 Å². The maximum Gasteiger partial charge on any atom is 0.119 e. The minimum atomic E-state index is -1.12. The van der Waals surface area contributed by atoms with Crippen LogP contribution in [0, 0.1) is 5.92 Å². The van der Waals surface area contributed by atoms with Crippen LogP contribution in [0.1, 0.15) is 63.4 Å². The predicted octanol–water partition coefficient (Wildman–Crippen LogP) is 3.38. The van der Waals surface area contributed by atoms with Gasteiger partial charge >= 0.3 is 0 Å². The van der Waals surface area contributed by atoms with Crippen LogP contribution in [0.25, 0.3) is 0 Å². The molecule has 28 heavy (non-hydrogen) atoms. The quantitative estimate of drug-likeness (QED) is 0.787. The Hall–Kier alpha value is -0.940. The maximum absolute atomic E-state index is 11.8. The van der Waals surface area contributed by atoms with Crippen molar-refractivity contribution < 1.29 is 10.2 Å². The lowest BCUT2D eigenvalue weighted by Crippen LogP contribution is -2.53. The Kier molecular flexibility index (Phi) is 6.72. The number of nitrogens with zero attached hydrogens (tertiary/aromatic N) is 2. The molecule has 1 aromatic rings. The second-order valence-corrected chi connectivity index (χ2v) is 9.32. The van der Waals surface area contributed by atoms with E-state index < -0.39 is 11.7 Å². The van der Waals surface area contributed by atoms with E-state index in [9.17, 15) is 10.2 Å². The van der Waals surface area contributed by atoms with Crippen molar-refractivity contribution in [3.05, 3.63) is 35.9 Å². The molecular formula is C24H38N2O2.